The van der Waals surface area contributed by atoms with Gasteiger partial charge < -0.3 is 24.8 Å². The fraction of sp³-hybridized carbons (Fsp3) is 0.188. The first kappa shape index (κ1) is 15.7. The summed E-state index contributed by atoms with van der Waals surface area (Å²) < 4.78 is 10.6. The van der Waals surface area contributed by atoms with E-state index in [4.69, 9.17) is 9.47 Å². The summed E-state index contributed by atoms with van der Waals surface area (Å²) in [4.78, 5) is 12.3. The monoisotopic (exact) mass is 304 g/mol. The Hall–Kier alpha value is -2.73. The Morgan fingerprint density at radius 1 is 1.09 bits per heavy atom. The number of carbonyl (C=O) groups is 1. The van der Waals surface area contributed by atoms with Gasteiger partial charge in [-0.05, 0) is 30.3 Å². The molecule has 2 rings (SSSR count). The molecule has 1 unspecified atom stereocenters. The maximum Gasteiger partial charge on any atom is 0.205 e. The van der Waals surface area contributed by atoms with Gasteiger partial charge in [-0.15, -0.1) is 0 Å². The lowest BCUT2D eigenvalue weighted by Crippen LogP contribution is -2.31. The maximum absolute atomic E-state index is 12.3. The fourth-order valence-electron chi connectivity index (χ4n) is 1.91. The van der Waals surface area contributed by atoms with Gasteiger partial charge in [-0.1, -0.05) is 12.1 Å². The topological polar surface area (TPSA) is 96.2 Å². The predicted molar refractivity (Wildman–Crippen MR) is 78.6 cm³/mol. The normalized spacial score (nSPS) is 11.7. The van der Waals surface area contributed by atoms with E-state index < -0.39 is 24.2 Å². The Labute approximate surface area is 127 Å². The smallest absolute Gasteiger partial charge is 0.205 e. The largest absolute Gasteiger partial charge is 0.504 e. The van der Waals surface area contributed by atoms with Gasteiger partial charge in [0, 0.05) is 5.56 Å². The quantitative estimate of drug-likeness (QED) is 0.555. The van der Waals surface area contributed by atoms with Gasteiger partial charge in [-0.3, -0.25) is 4.79 Å². The highest BCUT2D eigenvalue weighted by Crippen LogP contribution is 2.29. The fourth-order valence-corrected chi connectivity index (χ4v) is 1.91. The highest BCUT2D eigenvalue weighted by molar-refractivity contribution is 6.00. The molecule has 0 amide bonds. The lowest BCUT2D eigenvalue weighted by Gasteiger charge is -2.17. The molecule has 22 heavy (non-hydrogen) atoms. The summed E-state index contributed by atoms with van der Waals surface area (Å²) in [7, 11) is 1.47. The molecule has 0 aromatic heterocycles. The lowest BCUT2D eigenvalue weighted by atomic mass is 10.1. The summed E-state index contributed by atoms with van der Waals surface area (Å²) >= 11 is 0. The summed E-state index contributed by atoms with van der Waals surface area (Å²) in [6, 6.07) is 10.4. The van der Waals surface area contributed by atoms with Crippen molar-refractivity contribution in [3.05, 3.63) is 48.0 Å². The second kappa shape index (κ2) is 6.82. The number of para-hydroxylation sites is 2. The van der Waals surface area contributed by atoms with E-state index in [-0.39, 0.29) is 11.3 Å². The minimum absolute atomic E-state index is 0.115. The molecule has 0 fully saturated rings. The summed E-state index contributed by atoms with van der Waals surface area (Å²) in [5.74, 6) is -0.519. The van der Waals surface area contributed by atoms with Crippen molar-refractivity contribution in [1.29, 1.82) is 0 Å². The maximum atomic E-state index is 12.3. The van der Waals surface area contributed by atoms with Crippen molar-refractivity contribution in [3.63, 3.8) is 0 Å². The van der Waals surface area contributed by atoms with E-state index in [1.54, 1.807) is 24.3 Å². The zero-order valence-corrected chi connectivity index (χ0v) is 11.9. The molecular weight excluding hydrogens is 288 g/mol. The molecule has 1 atom stereocenters. The average Bonchev–Trinajstić information content (AvgIpc) is 2.54. The minimum atomic E-state index is -1.15. The summed E-state index contributed by atoms with van der Waals surface area (Å²) in [5, 5.41) is 28.1. The van der Waals surface area contributed by atoms with Crippen LogP contribution >= 0.6 is 0 Å². The van der Waals surface area contributed by atoms with Crippen LogP contribution in [0.2, 0.25) is 0 Å². The SMILES string of the molecule is COc1ccccc1OC(CO)C(=O)c1ccc(O)c(O)c1. The number of hydrogen-bond donors (Lipinski definition) is 3. The lowest BCUT2D eigenvalue weighted by molar-refractivity contribution is 0.0651. The van der Waals surface area contributed by atoms with E-state index in [1.807, 2.05) is 0 Å². The highest BCUT2D eigenvalue weighted by atomic mass is 16.5. The second-order valence-corrected chi connectivity index (χ2v) is 4.51. The van der Waals surface area contributed by atoms with Crippen LogP contribution in [0.15, 0.2) is 42.5 Å². The Kier molecular flexibility index (Phi) is 4.85. The third-order valence-corrected chi connectivity index (χ3v) is 3.06. The average molecular weight is 304 g/mol. The summed E-state index contributed by atoms with van der Waals surface area (Å²) in [5.41, 5.74) is 0.115. The third-order valence-electron chi connectivity index (χ3n) is 3.06. The number of benzene rings is 2. The van der Waals surface area contributed by atoms with Crippen LogP contribution in [-0.2, 0) is 0 Å². The summed E-state index contributed by atoms with van der Waals surface area (Å²) in [6.45, 7) is -0.543. The number of hydrogen-bond acceptors (Lipinski definition) is 6. The van der Waals surface area contributed by atoms with E-state index in [0.717, 1.165) is 6.07 Å². The Bertz CT molecular complexity index is 667. The zero-order valence-electron chi connectivity index (χ0n) is 11.9. The molecule has 0 spiro atoms. The van der Waals surface area contributed by atoms with Crippen molar-refractivity contribution in [2.75, 3.05) is 13.7 Å². The van der Waals surface area contributed by atoms with Crippen LogP contribution in [0.4, 0.5) is 0 Å². The first-order valence-corrected chi connectivity index (χ1v) is 6.53. The molecule has 6 nitrogen and oxygen atoms in total. The molecule has 0 bridgehead atoms. The van der Waals surface area contributed by atoms with Gasteiger partial charge in [-0.25, -0.2) is 0 Å². The molecule has 0 heterocycles. The molecule has 116 valence electrons. The number of ketones is 1. The molecule has 0 saturated heterocycles. The van der Waals surface area contributed by atoms with Crippen molar-refractivity contribution in [3.8, 4) is 23.0 Å². The molecule has 2 aromatic carbocycles. The number of aromatic hydroxyl groups is 2. The molecule has 0 saturated carbocycles. The van der Waals surface area contributed by atoms with Gasteiger partial charge in [0.1, 0.15) is 0 Å². The second-order valence-electron chi connectivity index (χ2n) is 4.51. The van der Waals surface area contributed by atoms with E-state index in [1.165, 1.54) is 19.2 Å². The number of Topliss-reactive ketones (excluding diaryl/α,β-unsaturated/α-hetero) is 1. The number of carbonyl (C=O) groups excluding carboxylic acids is 1. The standard InChI is InChI=1S/C16H16O6/c1-21-13-4-2-3-5-14(13)22-15(9-17)16(20)10-6-7-11(18)12(19)8-10/h2-8,15,17-19H,9H2,1H3. The van der Waals surface area contributed by atoms with Crippen LogP contribution in [0.5, 0.6) is 23.0 Å². The molecule has 3 N–H and O–H groups in total. The molecule has 2 aromatic rings. The van der Waals surface area contributed by atoms with Crippen LogP contribution in [0.25, 0.3) is 0 Å². The van der Waals surface area contributed by atoms with Crippen molar-refractivity contribution in [2.45, 2.75) is 6.10 Å². The first-order valence-electron chi connectivity index (χ1n) is 6.53. The van der Waals surface area contributed by atoms with E-state index >= 15 is 0 Å². The number of ether oxygens (including phenoxy) is 2. The number of methoxy groups -OCH3 is 1. The number of rotatable bonds is 6. The van der Waals surface area contributed by atoms with Crippen LogP contribution in [0.3, 0.4) is 0 Å². The van der Waals surface area contributed by atoms with Crippen molar-refractivity contribution < 1.29 is 29.6 Å². The summed E-state index contributed by atoms with van der Waals surface area (Å²) in [6.07, 6.45) is -1.15. The molecule has 6 heteroatoms. The van der Waals surface area contributed by atoms with Gasteiger partial charge in [-0.2, -0.15) is 0 Å². The first-order chi connectivity index (χ1) is 10.6. The van der Waals surface area contributed by atoms with Crippen LogP contribution in [0.1, 0.15) is 10.4 Å². The van der Waals surface area contributed by atoms with E-state index in [9.17, 15) is 20.1 Å². The molecule has 0 aliphatic heterocycles. The van der Waals surface area contributed by atoms with Gasteiger partial charge >= 0.3 is 0 Å². The van der Waals surface area contributed by atoms with E-state index in [0.29, 0.717) is 11.5 Å². The van der Waals surface area contributed by atoms with Crippen molar-refractivity contribution >= 4 is 5.78 Å². The Morgan fingerprint density at radius 2 is 1.77 bits per heavy atom. The number of phenols is 2. The molecule has 0 radical (unpaired) electrons. The Morgan fingerprint density at radius 3 is 2.36 bits per heavy atom. The number of aliphatic hydroxyl groups is 1. The van der Waals surface area contributed by atoms with Crippen LogP contribution in [0, 0.1) is 0 Å². The van der Waals surface area contributed by atoms with Crippen molar-refractivity contribution in [1.82, 2.24) is 0 Å². The molecular formula is C16H16O6. The van der Waals surface area contributed by atoms with Gasteiger partial charge in [0.15, 0.2) is 29.1 Å². The van der Waals surface area contributed by atoms with Crippen molar-refractivity contribution in [2.24, 2.45) is 0 Å². The van der Waals surface area contributed by atoms with E-state index in [2.05, 4.69) is 0 Å². The Balaban J connectivity index is 2.23. The highest BCUT2D eigenvalue weighted by Gasteiger charge is 2.23. The number of aliphatic hydroxyl groups excluding tert-OH is 1. The van der Waals surface area contributed by atoms with Gasteiger partial charge in [0.2, 0.25) is 5.78 Å². The molecule has 0 aliphatic rings. The predicted octanol–water partition coefficient (Wildman–Crippen LogP) is 1.73. The third kappa shape index (κ3) is 3.29. The van der Waals surface area contributed by atoms with Crippen LogP contribution < -0.4 is 9.47 Å². The zero-order chi connectivity index (χ0) is 16.1. The van der Waals surface area contributed by atoms with Gasteiger partial charge in [0.05, 0.1) is 13.7 Å². The number of phenolic OH excluding ortho intramolecular Hbond substituents is 2. The van der Waals surface area contributed by atoms with Gasteiger partial charge in [0.25, 0.3) is 0 Å². The molecule has 0 aliphatic carbocycles. The minimum Gasteiger partial charge on any atom is -0.504 e. The van der Waals surface area contributed by atoms with Crippen LogP contribution in [-0.4, -0.2) is 40.9 Å².